The second-order valence-corrected chi connectivity index (χ2v) is 4.83. The van der Waals surface area contributed by atoms with E-state index in [1.54, 1.807) is 18.6 Å². The van der Waals surface area contributed by atoms with Gasteiger partial charge in [0, 0.05) is 18.0 Å². The molecule has 0 saturated heterocycles. The van der Waals surface area contributed by atoms with Gasteiger partial charge in [-0.1, -0.05) is 30.3 Å². The summed E-state index contributed by atoms with van der Waals surface area (Å²) >= 11 is 0. The first-order valence-electron chi connectivity index (χ1n) is 6.99. The number of aromatic nitrogens is 3. The molecule has 3 aromatic rings. The van der Waals surface area contributed by atoms with Crippen molar-refractivity contribution in [3.63, 3.8) is 0 Å². The number of oxazole rings is 1. The highest BCUT2D eigenvalue weighted by Gasteiger charge is 2.11. The Kier molecular flexibility index (Phi) is 4.28. The zero-order valence-corrected chi connectivity index (χ0v) is 12.2. The largest absolute Gasteiger partial charge is 0.419 e. The molecule has 1 N–H and O–H groups in total. The van der Waals surface area contributed by atoms with E-state index in [0.29, 0.717) is 11.5 Å². The van der Waals surface area contributed by atoms with Crippen LogP contribution in [0.1, 0.15) is 5.69 Å². The Morgan fingerprint density at radius 1 is 1.22 bits per heavy atom. The molecular formula is C16H14N4O3. The van der Waals surface area contributed by atoms with Crippen LogP contribution in [-0.4, -0.2) is 20.4 Å². The van der Waals surface area contributed by atoms with E-state index in [2.05, 4.69) is 15.3 Å². The molecule has 7 nitrogen and oxygen atoms in total. The number of carbonyl (C=O) groups excluding carboxylic acids is 1. The molecule has 0 aliphatic heterocycles. The molecule has 3 rings (SSSR count). The fourth-order valence-electron chi connectivity index (χ4n) is 2.04. The summed E-state index contributed by atoms with van der Waals surface area (Å²) in [5, 5.41) is 2.68. The van der Waals surface area contributed by atoms with E-state index in [1.165, 1.54) is 10.8 Å². The lowest BCUT2D eigenvalue weighted by atomic mass is 10.2. The molecule has 1 amide bonds. The maximum atomic E-state index is 11.9. The van der Waals surface area contributed by atoms with Gasteiger partial charge in [-0.3, -0.25) is 19.3 Å². The molecule has 116 valence electrons. The fraction of sp³-hybridized carbons (Fsp3) is 0.125. The highest BCUT2D eigenvalue weighted by molar-refractivity contribution is 5.75. The summed E-state index contributed by atoms with van der Waals surface area (Å²) in [7, 11) is 0. The van der Waals surface area contributed by atoms with Gasteiger partial charge in [-0.15, -0.1) is 0 Å². The van der Waals surface area contributed by atoms with Crippen molar-refractivity contribution in [1.82, 2.24) is 19.9 Å². The number of hydrogen-bond donors (Lipinski definition) is 1. The molecule has 0 spiro atoms. The van der Waals surface area contributed by atoms with E-state index >= 15 is 0 Å². The molecule has 0 bridgehead atoms. The quantitative estimate of drug-likeness (QED) is 0.765. The van der Waals surface area contributed by atoms with E-state index in [-0.39, 0.29) is 19.0 Å². The summed E-state index contributed by atoms with van der Waals surface area (Å²) in [6.07, 6.45) is 6.20. The van der Waals surface area contributed by atoms with E-state index in [4.69, 9.17) is 4.42 Å². The molecule has 23 heavy (non-hydrogen) atoms. The van der Waals surface area contributed by atoms with Gasteiger partial charge in [0.15, 0.2) is 5.76 Å². The maximum Gasteiger partial charge on any atom is 0.419 e. The molecule has 2 aromatic heterocycles. The molecule has 0 unspecified atom stereocenters. The first-order chi connectivity index (χ1) is 11.2. The number of nitrogens with one attached hydrogen (secondary N) is 1. The third-order valence-electron chi connectivity index (χ3n) is 3.16. The van der Waals surface area contributed by atoms with Crippen molar-refractivity contribution >= 4 is 5.91 Å². The summed E-state index contributed by atoms with van der Waals surface area (Å²) in [6, 6.07) is 9.23. The van der Waals surface area contributed by atoms with Crippen molar-refractivity contribution in [3.05, 3.63) is 71.4 Å². The van der Waals surface area contributed by atoms with Gasteiger partial charge < -0.3 is 9.73 Å². The third-order valence-corrected chi connectivity index (χ3v) is 3.16. The summed E-state index contributed by atoms with van der Waals surface area (Å²) in [5.74, 6) is -0.450. The number of nitrogens with zero attached hydrogens (tertiary/aromatic N) is 3. The Morgan fingerprint density at radius 3 is 2.78 bits per heavy atom. The zero-order chi connectivity index (χ0) is 16.1. The highest BCUT2D eigenvalue weighted by atomic mass is 16.4. The second-order valence-electron chi connectivity index (χ2n) is 4.83. The number of benzene rings is 1. The van der Waals surface area contributed by atoms with Crippen LogP contribution in [0.4, 0.5) is 0 Å². The summed E-state index contributed by atoms with van der Waals surface area (Å²) in [4.78, 5) is 31.7. The number of amides is 1. The average molecular weight is 310 g/mol. The number of hydrogen-bond acceptors (Lipinski definition) is 5. The van der Waals surface area contributed by atoms with Gasteiger partial charge in [0.05, 0.1) is 24.6 Å². The van der Waals surface area contributed by atoms with Gasteiger partial charge >= 0.3 is 5.76 Å². The van der Waals surface area contributed by atoms with Crippen molar-refractivity contribution in [3.8, 4) is 11.3 Å². The molecule has 1 aromatic carbocycles. The van der Waals surface area contributed by atoms with Crippen LogP contribution >= 0.6 is 0 Å². The Hall–Kier alpha value is -3.22. The predicted molar refractivity (Wildman–Crippen MR) is 82.3 cm³/mol. The van der Waals surface area contributed by atoms with Gasteiger partial charge in [0.25, 0.3) is 0 Å². The minimum absolute atomic E-state index is 0.116. The normalized spacial score (nSPS) is 10.4. The summed E-state index contributed by atoms with van der Waals surface area (Å²) in [6.45, 7) is 0.139. The Labute approximate surface area is 131 Å². The van der Waals surface area contributed by atoms with Gasteiger partial charge in [0.2, 0.25) is 5.91 Å². The van der Waals surface area contributed by atoms with Crippen LogP contribution in [0.2, 0.25) is 0 Å². The highest BCUT2D eigenvalue weighted by Crippen LogP contribution is 2.16. The van der Waals surface area contributed by atoms with Gasteiger partial charge in [-0.05, 0) is 0 Å². The van der Waals surface area contributed by atoms with Gasteiger partial charge in [-0.2, -0.15) is 0 Å². The smallest absolute Gasteiger partial charge is 0.408 e. The van der Waals surface area contributed by atoms with E-state index in [1.807, 2.05) is 30.3 Å². The average Bonchev–Trinajstić information content (AvgIpc) is 2.95. The van der Waals surface area contributed by atoms with Crippen molar-refractivity contribution in [2.24, 2.45) is 0 Å². The molecule has 2 heterocycles. The first-order valence-corrected chi connectivity index (χ1v) is 6.99. The zero-order valence-electron chi connectivity index (χ0n) is 12.2. The van der Waals surface area contributed by atoms with Crippen LogP contribution in [0.5, 0.6) is 0 Å². The topological polar surface area (TPSA) is 90.0 Å². The molecule has 0 aliphatic carbocycles. The third kappa shape index (κ3) is 3.70. The Bertz CT molecular complexity index is 841. The fourth-order valence-corrected chi connectivity index (χ4v) is 2.04. The Morgan fingerprint density at radius 2 is 2.04 bits per heavy atom. The molecule has 0 saturated carbocycles. The van der Waals surface area contributed by atoms with Gasteiger partial charge in [-0.25, -0.2) is 4.79 Å². The van der Waals surface area contributed by atoms with Crippen molar-refractivity contribution in [2.75, 3.05) is 0 Å². The predicted octanol–water partition coefficient (Wildman–Crippen LogP) is 1.21. The Balaban J connectivity index is 1.65. The van der Waals surface area contributed by atoms with Crippen molar-refractivity contribution in [1.29, 1.82) is 0 Å². The summed E-state index contributed by atoms with van der Waals surface area (Å²) in [5.41, 5.74) is 1.42. The molecule has 7 heteroatoms. The van der Waals surface area contributed by atoms with Crippen LogP contribution in [0.3, 0.4) is 0 Å². The van der Waals surface area contributed by atoms with Crippen molar-refractivity contribution in [2.45, 2.75) is 13.1 Å². The molecule has 0 atom stereocenters. The minimum Gasteiger partial charge on any atom is -0.408 e. The number of carbonyl (C=O) groups is 1. The molecule has 0 radical (unpaired) electrons. The SMILES string of the molecule is O=C(Cn1cc(-c2ccccc2)oc1=O)NCc1cnccn1. The maximum absolute atomic E-state index is 11.9. The van der Waals surface area contributed by atoms with Crippen molar-refractivity contribution < 1.29 is 9.21 Å². The lowest BCUT2D eigenvalue weighted by molar-refractivity contribution is -0.121. The standard InChI is InChI=1S/C16H14N4O3/c21-15(19-9-13-8-17-6-7-18-13)11-20-10-14(23-16(20)22)12-4-2-1-3-5-12/h1-8,10H,9,11H2,(H,19,21). The van der Waals surface area contributed by atoms with Crippen LogP contribution in [0.25, 0.3) is 11.3 Å². The van der Waals surface area contributed by atoms with E-state index < -0.39 is 5.76 Å². The van der Waals surface area contributed by atoms with Crippen LogP contribution < -0.4 is 11.1 Å². The molecule has 0 aliphatic rings. The summed E-state index contributed by atoms with van der Waals surface area (Å²) < 4.78 is 6.40. The van der Waals surface area contributed by atoms with Crippen LogP contribution in [0.15, 0.2) is 64.3 Å². The molecule has 0 fully saturated rings. The van der Waals surface area contributed by atoms with Gasteiger partial charge in [0.1, 0.15) is 6.54 Å². The minimum atomic E-state index is -0.571. The second kappa shape index (κ2) is 6.69. The lowest BCUT2D eigenvalue weighted by Crippen LogP contribution is -2.30. The van der Waals surface area contributed by atoms with Crippen LogP contribution in [-0.2, 0) is 17.9 Å². The van der Waals surface area contributed by atoms with E-state index in [0.717, 1.165) is 5.56 Å². The first kappa shape index (κ1) is 14.7. The van der Waals surface area contributed by atoms with E-state index in [9.17, 15) is 9.59 Å². The molecular weight excluding hydrogens is 296 g/mol. The van der Waals surface area contributed by atoms with Crippen LogP contribution in [0, 0.1) is 0 Å². The monoisotopic (exact) mass is 310 g/mol. The lowest BCUT2D eigenvalue weighted by Gasteiger charge is -2.03. The number of rotatable bonds is 5.